The third-order valence-electron chi connectivity index (χ3n) is 5.14. The fraction of sp³-hybridized carbons (Fsp3) is 0.458. The summed E-state index contributed by atoms with van der Waals surface area (Å²) >= 11 is 0. The maximum atomic E-state index is 10.8. The first kappa shape index (κ1) is 20.2. The van der Waals surface area contributed by atoms with E-state index in [1.807, 2.05) is 25.1 Å². The first-order valence-corrected chi connectivity index (χ1v) is 9.78. The van der Waals surface area contributed by atoms with Crippen molar-refractivity contribution < 1.29 is 9.53 Å². The maximum Gasteiger partial charge on any atom is 0.150 e. The highest BCUT2D eigenvalue weighted by Gasteiger charge is 2.10. The molecule has 0 spiro atoms. The van der Waals surface area contributed by atoms with Crippen molar-refractivity contribution in [1.29, 1.82) is 0 Å². The van der Waals surface area contributed by atoms with Crippen LogP contribution in [0.3, 0.4) is 0 Å². The van der Waals surface area contributed by atoms with Crippen LogP contribution in [0.15, 0.2) is 36.4 Å². The second-order valence-corrected chi connectivity index (χ2v) is 7.41. The van der Waals surface area contributed by atoms with Crippen LogP contribution in [0.2, 0.25) is 0 Å². The molecule has 0 unspecified atom stereocenters. The van der Waals surface area contributed by atoms with Gasteiger partial charge in [0, 0.05) is 5.56 Å². The summed E-state index contributed by atoms with van der Waals surface area (Å²) in [4.78, 5) is 10.8. The van der Waals surface area contributed by atoms with Gasteiger partial charge < -0.3 is 4.74 Å². The van der Waals surface area contributed by atoms with Gasteiger partial charge in [-0.25, -0.2) is 0 Å². The Labute approximate surface area is 158 Å². The fourth-order valence-electron chi connectivity index (χ4n) is 3.48. The van der Waals surface area contributed by atoms with Gasteiger partial charge in [0.2, 0.25) is 0 Å². The molecule has 0 aliphatic heterocycles. The van der Waals surface area contributed by atoms with Gasteiger partial charge in [-0.2, -0.15) is 0 Å². The normalized spacial score (nSPS) is 12.0. The summed E-state index contributed by atoms with van der Waals surface area (Å²) in [5.74, 6) is 1.60. The van der Waals surface area contributed by atoms with E-state index in [-0.39, 0.29) is 0 Å². The summed E-state index contributed by atoms with van der Waals surface area (Å²) in [6, 6.07) is 12.4. The van der Waals surface area contributed by atoms with Crippen molar-refractivity contribution in [1.82, 2.24) is 0 Å². The summed E-state index contributed by atoms with van der Waals surface area (Å²) < 4.78 is 5.93. The lowest BCUT2D eigenvalue weighted by Gasteiger charge is -2.17. The lowest BCUT2D eigenvalue weighted by molar-refractivity contribution is 0.112. The van der Waals surface area contributed by atoms with Crippen LogP contribution in [-0.4, -0.2) is 12.9 Å². The molecule has 0 fully saturated rings. The molecule has 0 saturated heterocycles. The van der Waals surface area contributed by atoms with E-state index in [2.05, 4.69) is 39.0 Å². The van der Waals surface area contributed by atoms with Crippen LogP contribution in [0.5, 0.6) is 5.75 Å². The predicted octanol–water partition coefficient (Wildman–Crippen LogP) is 6.24. The Bertz CT molecular complexity index is 718. The zero-order valence-electron chi connectivity index (χ0n) is 16.7. The molecule has 1 atom stereocenters. The third-order valence-corrected chi connectivity index (χ3v) is 5.14. The minimum Gasteiger partial charge on any atom is -0.493 e. The highest BCUT2D eigenvalue weighted by atomic mass is 16.5. The second kappa shape index (κ2) is 10.2. The van der Waals surface area contributed by atoms with Crippen molar-refractivity contribution >= 4 is 6.29 Å². The molecule has 0 N–H and O–H groups in total. The molecule has 2 rings (SSSR count). The molecule has 0 aliphatic carbocycles. The lowest BCUT2D eigenvalue weighted by Crippen LogP contribution is -2.08. The van der Waals surface area contributed by atoms with Gasteiger partial charge in [-0.15, -0.1) is 0 Å². The molecule has 26 heavy (non-hydrogen) atoms. The van der Waals surface area contributed by atoms with Crippen molar-refractivity contribution in [2.75, 3.05) is 6.61 Å². The number of hydrogen-bond donors (Lipinski definition) is 0. The van der Waals surface area contributed by atoms with Crippen molar-refractivity contribution in [2.45, 2.75) is 59.8 Å². The van der Waals surface area contributed by atoms with Crippen molar-refractivity contribution in [3.05, 3.63) is 64.2 Å². The molecule has 0 saturated carbocycles. The van der Waals surface area contributed by atoms with Crippen LogP contribution in [0.4, 0.5) is 0 Å². The van der Waals surface area contributed by atoms with Gasteiger partial charge in [0.15, 0.2) is 0 Å². The molecule has 2 nitrogen and oxygen atoms in total. The van der Waals surface area contributed by atoms with Gasteiger partial charge in [0.25, 0.3) is 0 Å². The van der Waals surface area contributed by atoms with E-state index in [0.717, 1.165) is 37.0 Å². The van der Waals surface area contributed by atoms with Gasteiger partial charge in [0.05, 0.1) is 6.61 Å². The predicted molar refractivity (Wildman–Crippen MR) is 109 cm³/mol. The minimum atomic E-state index is 0.700. The molecular weight excluding hydrogens is 320 g/mol. The number of carbonyl (C=O) groups is 1. The average Bonchev–Trinajstić information content (AvgIpc) is 2.63. The smallest absolute Gasteiger partial charge is 0.150 e. The van der Waals surface area contributed by atoms with E-state index >= 15 is 0 Å². The minimum absolute atomic E-state index is 0.700. The van der Waals surface area contributed by atoms with E-state index in [9.17, 15) is 4.79 Å². The zero-order valence-corrected chi connectivity index (χ0v) is 16.7. The fourth-order valence-corrected chi connectivity index (χ4v) is 3.48. The van der Waals surface area contributed by atoms with Crippen LogP contribution < -0.4 is 4.74 Å². The number of rotatable bonds is 10. The molecule has 2 aromatic rings. The highest BCUT2D eigenvalue weighted by Crippen LogP contribution is 2.23. The van der Waals surface area contributed by atoms with E-state index in [4.69, 9.17) is 4.74 Å². The standard InChI is InChI=1S/C24H32O2/c1-5-7-21(16-22-10-9-18(2)19(3)14-22)8-6-13-26-24-12-11-23(17-25)15-20(24)4/h9-12,14-15,17,21H,5-8,13,16H2,1-4H3/t21-/m0/s1. The van der Waals surface area contributed by atoms with Gasteiger partial charge in [-0.1, -0.05) is 38.0 Å². The summed E-state index contributed by atoms with van der Waals surface area (Å²) in [5.41, 5.74) is 5.93. The van der Waals surface area contributed by atoms with Gasteiger partial charge in [-0.3, -0.25) is 4.79 Å². The molecular formula is C24H32O2. The molecule has 0 aliphatic rings. The van der Waals surface area contributed by atoms with Crippen LogP contribution in [-0.2, 0) is 6.42 Å². The largest absolute Gasteiger partial charge is 0.493 e. The number of aryl methyl sites for hydroxylation is 3. The van der Waals surface area contributed by atoms with Crippen LogP contribution in [0.1, 0.15) is 65.2 Å². The molecule has 2 aromatic carbocycles. The zero-order chi connectivity index (χ0) is 18.9. The molecule has 0 amide bonds. The summed E-state index contributed by atoms with van der Waals surface area (Å²) in [6.07, 6.45) is 6.76. The Kier molecular flexibility index (Phi) is 7.90. The van der Waals surface area contributed by atoms with Crippen LogP contribution in [0, 0.1) is 26.7 Å². The summed E-state index contributed by atoms with van der Waals surface area (Å²) in [6.45, 7) is 9.35. The molecule has 0 aromatic heterocycles. The number of benzene rings is 2. The Balaban J connectivity index is 1.84. The number of ether oxygens (including phenoxy) is 1. The van der Waals surface area contributed by atoms with Gasteiger partial charge >= 0.3 is 0 Å². The molecule has 140 valence electrons. The van der Waals surface area contributed by atoms with Crippen molar-refractivity contribution in [3.63, 3.8) is 0 Å². The van der Waals surface area contributed by atoms with Crippen LogP contribution in [0.25, 0.3) is 0 Å². The summed E-state index contributed by atoms with van der Waals surface area (Å²) in [7, 11) is 0. The van der Waals surface area contributed by atoms with Gasteiger partial charge in [-0.05, 0) is 86.4 Å². The quantitative estimate of drug-likeness (QED) is 0.373. The lowest BCUT2D eigenvalue weighted by atomic mass is 9.90. The highest BCUT2D eigenvalue weighted by molar-refractivity contribution is 5.75. The molecule has 0 bridgehead atoms. The third kappa shape index (κ3) is 6.01. The number of aldehydes is 1. The Morgan fingerprint density at radius 1 is 0.962 bits per heavy atom. The molecule has 2 heteroatoms. The Hall–Kier alpha value is -2.09. The molecule has 0 heterocycles. The average molecular weight is 353 g/mol. The first-order chi connectivity index (χ1) is 12.5. The maximum absolute atomic E-state index is 10.8. The Morgan fingerprint density at radius 3 is 2.42 bits per heavy atom. The van der Waals surface area contributed by atoms with Crippen molar-refractivity contribution in [2.24, 2.45) is 5.92 Å². The number of carbonyl (C=O) groups excluding carboxylic acids is 1. The van der Waals surface area contributed by atoms with E-state index in [0.29, 0.717) is 11.5 Å². The van der Waals surface area contributed by atoms with Crippen LogP contribution >= 0.6 is 0 Å². The Morgan fingerprint density at radius 2 is 1.77 bits per heavy atom. The monoisotopic (exact) mass is 352 g/mol. The summed E-state index contributed by atoms with van der Waals surface area (Å²) in [5, 5.41) is 0. The van der Waals surface area contributed by atoms with Crippen molar-refractivity contribution in [3.8, 4) is 5.75 Å². The van der Waals surface area contributed by atoms with E-state index in [1.54, 1.807) is 0 Å². The van der Waals surface area contributed by atoms with E-state index in [1.165, 1.54) is 36.0 Å². The second-order valence-electron chi connectivity index (χ2n) is 7.41. The van der Waals surface area contributed by atoms with E-state index < -0.39 is 0 Å². The van der Waals surface area contributed by atoms with Gasteiger partial charge in [0.1, 0.15) is 12.0 Å². The molecule has 0 radical (unpaired) electrons. The first-order valence-electron chi connectivity index (χ1n) is 9.78. The number of hydrogen-bond acceptors (Lipinski definition) is 2. The SMILES string of the molecule is CCC[C@@H](CCCOc1ccc(C=O)cc1C)Cc1ccc(C)c(C)c1. The topological polar surface area (TPSA) is 26.3 Å².